The van der Waals surface area contributed by atoms with Gasteiger partial charge in [0.15, 0.2) is 0 Å². The molecule has 0 N–H and O–H groups in total. The van der Waals surface area contributed by atoms with Crippen molar-refractivity contribution in [2.24, 2.45) is 5.92 Å². The molecule has 1 aromatic carbocycles. The van der Waals surface area contributed by atoms with Crippen LogP contribution in [-0.4, -0.2) is 20.2 Å². The lowest BCUT2D eigenvalue weighted by Gasteiger charge is -2.45. The molecule has 3 nitrogen and oxygen atoms in total. The summed E-state index contributed by atoms with van der Waals surface area (Å²) >= 11 is 3.45. The molecule has 1 aliphatic carbocycles. The van der Waals surface area contributed by atoms with Crippen molar-refractivity contribution in [2.45, 2.75) is 18.4 Å². The Labute approximate surface area is 109 Å². The summed E-state index contributed by atoms with van der Waals surface area (Å²) in [6, 6.07) is 8.02. The number of rotatable bonds is 3. The summed E-state index contributed by atoms with van der Waals surface area (Å²) in [7, 11) is 3.11. The molecule has 1 fully saturated rings. The molecule has 92 valence electrons. The van der Waals surface area contributed by atoms with Crippen molar-refractivity contribution in [2.75, 3.05) is 14.2 Å². The third-order valence-electron chi connectivity index (χ3n) is 3.43. The van der Waals surface area contributed by atoms with Crippen LogP contribution in [0.3, 0.4) is 0 Å². The maximum Gasteiger partial charge on any atom is 0.308 e. The average Bonchev–Trinajstić information content (AvgIpc) is 2.28. The van der Waals surface area contributed by atoms with Crippen LogP contribution in [0, 0.1) is 5.92 Å². The molecular weight excluding hydrogens is 284 g/mol. The molecule has 0 aromatic heterocycles. The van der Waals surface area contributed by atoms with Gasteiger partial charge >= 0.3 is 5.97 Å². The smallest absolute Gasteiger partial charge is 0.308 e. The lowest BCUT2D eigenvalue weighted by Crippen LogP contribution is -2.46. The van der Waals surface area contributed by atoms with Gasteiger partial charge in [-0.2, -0.15) is 0 Å². The van der Waals surface area contributed by atoms with Gasteiger partial charge in [-0.15, -0.1) is 0 Å². The van der Waals surface area contributed by atoms with E-state index in [1.54, 1.807) is 7.11 Å². The van der Waals surface area contributed by atoms with Crippen LogP contribution < -0.4 is 0 Å². The standard InChI is InChI=1S/C13H15BrO3/c1-16-12(15)9-7-13(8-9,17-2)10-4-3-5-11(14)6-10/h3-6,9H,7-8H2,1-2H3. The third-order valence-corrected chi connectivity index (χ3v) is 3.92. The first kappa shape index (κ1) is 12.6. The monoisotopic (exact) mass is 298 g/mol. The number of esters is 1. The molecule has 1 saturated carbocycles. The number of hydrogen-bond acceptors (Lipinski definition) is 3. The molecule has 0 atom stereocenters. The van der Waals surface area contributed by atoms with Crippen molar-refractivity contribution >= 4 is 21.9 Å². The lowest BCUT2D eigenvalue weighted by atomic mass is 9.67. The first-order valence-electron chi connectivity index (χ1n) is 5.50. The minimum Gasteiger partial charge on any atom is -0.469 e. The number of halogens is 1. The van der Waals surface area contributed by atoms with Crippen molar-refractivity contribution in [3.8, 4) is 0 Å². The van der Waals surface area contributed by atoms with Crippen LogP contribution in [-0.2, 0) is 19.9 Å². The van der Waals surface area contributed by atoms with Crippen molar-refractivity contribution in [3.05, 3.63) is 34.3 Å². The fourth-order valence-corrected chi connectivity index (χ4v) is 2.76. The van der Waals surface area contributed by atoms with Crippen molar-refractivity contribution in [1.82, 2.24) is 0 Å². The average molecular weight is 299 g/mol. The summed E-state index contributed by atoms with van der Waals surface area (Å²) < 4.78 is 11.4. The molecule has 2 rings (SSSR count). The van der Waals surface area contributed by atoms with Gasteiger partial charge in [-0.05, 0) is 30.5 Å². The molecule has 1 aromatic rings. The first-order chi connectivity index (χ1) is 8.11. The normalized spacial score (nSPS) is 27.4. The summed E-state index contributed by atoms with van der Waals surface area (Å²) in [6.45, 7) is 0. The second kappa shape index (κ2) is 4.78. The van der Waals surface area contributed by atoms with E-state index in [0.717, 1.165) is 10.0 Å². The highest BCUT2D eigenvalue weighted by molar-refractivity contribution is 9.10. The van der Waals surface area contributed by atoms with Gasteiger partial charge in [-0.25, -0.2) is 0 Å². The molecule has 4 heteroatoms. The third kappa shape index (κ3) is 2.24. The van der Waals surface area contributed by atoms with E-state index >= 15 is 0 Å². The Hall–Kier alpha value is -0.870. The number of methoxy groups -OCH3 is 2. The van der Waals surface area contributed by atoms with E-state index in [2.05, 4.69) is 15.9 Å². The molecule has 0 saturated heterocycles. The fourth-order valence-electron chi connectivity index (χ4n) is 2.36. The molecule has 0 spiro atoms. The molecule has 1 aliphatic rings. The van der Waals surface area contributed by atoms with Crippen molar-refractivity contribution < 1.29 is 14.3 Å². The largest absolute Gasteiger partial charge is 0.469 e. The van der Waals surface area contributed by atoms with Crippen molar-refractivity contribution in [1.29, 1.82) is 0 Å². The molecule has 0 bridgehead atoms. The van der Waals surface area contributed by atoms with Crippen LogP contribution in [0.1, 0.15) is 18.4 Å². The van der Waals surface area contributed by atoms with E-state index in [1.165, 1.54) is 7.11 Å². The van der Waals surface area contributed by atoms with Crippen LogP contribution in [0.25, 0.3) is 0 Å². The molecule has 0 unspecified atom stereocenters. The number of ether oxygens (including phenoxy) is 2. The SMILES string of the molecule is COC(=O)C1CC(OC)(c2cccc(Br)c2)C1. The zero-order chi connectivity index (χ0) is 12.5. The highest BCUT2D eigenvalue weighted by atomic mass is 79.9. The van der Waals surface area contributed by atoms with Crippen LogP contribution in [0.5, 0.6) is 0 Å². The summed E-state index contributed by atoms with van der Waals surface area (Å²) in [5.74, 6) is -0.188. The van der Waals surface area contributed by atoms with Crippen LogP contribution >= 0.6 is 15.9 Å². The maximum atomic E-state index is 11.4. The Kier molecular flexibility index (Phi) is 3.54. The molecule has 17 heavy (non-hydrogen) atoms. The second-order valence-electron chi connectivity index (χ2n) is 4.34. The summed E-state index contributed by atoms with van der Waals surface area (Å²) in [4.78, 5) is 11.4. The van der Waals surface area contributed by atoms with Crippen LogP contribution in [0.4, 0.5) is 0 Å². The van der Waals surface area contributed by atoms with Gasteiger partial charge in [0.2, 0.25) is 0 Å². The topological polar surface area (TPSA) is 35.5 Å². The van der Waals surface area contributed by atoms with E-state index in [9.17, 15) is 4.79 Å². The Morgan fingerprint density at radius 1 is 1.41 bits per heavy atom. The van der Waals surface area contributed by atoms with Gasteiger partial charge in [0.25, 0.3) is 0 Å². The minimum absolute atomic E-state index is 0.0427. The quantitative estimate of drug-likeness (QED) is 0.805. The fraction of sp³-hybridized carbons (Fsp3) is 0.462. The van der Waals surface area contributed by atoms with Crippen LogP contribution in [0.15, 0.2) is 28.7 Å². The van der Waals surface area contributed by atoms with Crippen LogP contribution in [0.2, 0.25) is 0 Å². The Morgan fingerprint density at radius 3 is 2.65 bits per heavy atom. The lowest BCUT2D eigenvalue weighted by molar-refractivity contribution is -0.168. The number of hydrogen-bond donors (Lipinski definition) is 0. The van der Waals surface area contributed by atoms with E-state index in [1.807, 2.05) is 24.3 Å². The zero-order valence-corrected chi connectivity index (χ0v) is 11.5. The van der Waals surface area contributed by atoms with Crippen molar-refractivity contribution in [3.63, 3.8) is 0 Å². The maximum absolute atomic E-state index is 11.4. The second-order valence-corrected chi connectivity index (χ2v) is 5.25. The molecule has 0 aliphatic heterocycles. The van der Waals surface area contributed by atoms with E-state index in [-0.39, 0.29) is 17.5 Å². The number of carbonyl (C=O) groups excluding carboxylic acids is 1. The predicted octanol–water partition coefficient (Wildman–Crippen LogP) is 2.87. The highest BCUT2D eigenvalue weighted by Crippen LogP contribution is 2.49. The molecular formula is C13H15BrO3. The molecule has 0 radical (unpaired) electrons. The summed E-state index contributed by atoms with van der Waals surface area (Å²) in [6.07, 6.45) is 1.37. The van der Waals surface area contributed by atoms with Gasteiger partial charge in [0.05, 0.1) is 18.6 Å². The number of carbonyl (C=O) groups is 1. The first-order valence-corrected chi connectivity index (χ1v) is 6.29. The van der Waals surface area contributed by atoms with E-state index in [4.69, 9.17) is 9.47 Å². The van der Waals surface area contributed by atoms with Gasteiger partial charge in [-0.3, -0.25) is 4.79 Å². The Balaban J connectivity index is 2.17. The minimum atomic E-state index is -0.331. The van der Waals surface area contributed by atoms with Gasteiger partial charge in [0.1, 0.15) is 0 Å². The summed E-state index contributed by atoms with van der Waals surface area (Å²) in [5.41, 5.74) is 0.775. The number of benzene rings is 1. The molecule has 0 amide bonds. The summed E-state index contributed by atoms with van der Waals surface area (Å²) in [5, 5.41) is 0. The Morgan fingerprint density at radius 2 is 2.12 bits per heavy atom. The van der Waals surface area contributed by atoms with E-state index in [0.29, 0.717) is 12.8 Å². The highest BCUT2D eigenvalue weighted by Gasteiger charge is 2.49. The molecule has 0 heterocycles. The zero-order valence-electron chi connectivity index (χ0n) is 9.90. The van der Waals surface area contributed by atoms with Gasteiger partial charge in [-0.1, -0.05) is 28.1 Å². The van der Waals surface area contributed by atoms with E-state index < -0.39 is 0 Å². The van der Waals surface area contributed by atoms with Gasteiger partial charge in [0, 0.05) is 11.6 Å². The van der Waals surface area contributed by atoms with Gasteiger partial charge < -0.3 is 9.47 Å². The Bertz CT molecular complexity index is 424. The predicted molar refractivity (Wildman–Crippen MR) is 67.6 cm³/mol.